The monoisotopic (exact) mass is 2200 g/mol. The van der Waals surface area contributed by atoms with E-state index < -0.39 is 475 Å². The summed E-state index contributed by atoms with van der Waals surface area (Å²) < 4.78 is 169. The Morgan fingerprint density at radius 1 is 0.218 bits per heavy atom. The minimum Gasteiger partial charge on any atom is -0.394 e. The molecule has 12 saturated heterocycles. The molecule has 0 radical (unpaired) electrons. The normalized spacial score (nSPS) is 50.6. The molecular weight excluding hydrogens is 2070 g/mol. The number of amides is 2. The lowest BCUT2D eigenvalue weighted by molar-refractivity contribution is -0.408. The Hall–Kier alpha value is -3.12. The van der Waals surface area contributed by atoms with Crippen molar-refractivity contribution >= 4 is 27.5 Å². The van der Waals surface area contributed by atoms with E-state index in [1.165, 1.54) is 0 Å². The lowest BCUT2D eigenvalue weighted by Crippen LogP contribution is -2.70. The Kier molecular flexibility index (Phi) is 43.8. The summed E-state index contributed by atoms with van der Waals surface area (Å²) in [6, 6.07) is -3.85. The molecular formula is C76H130N2O67P2. The molecule has 40 N–H and O–H groups in total. The number of carbonyl (C=O) groups excluding carboxylic acids is 2. The molecule has 147 heavy (non-hydrogen) atoms. The van der Waals surface area contributed by atoms with Crippen molar-refractivity contribution in [2.75, 3.05) is 79.3 Å². The molecule has 0 saturated carbocycles. The van der Waals surface area contributed by atoms with E-state index in [-0.39, 0.29) is 0 Å². The summed E-state index contributed by atoms with van der Waals surface area (Å²) in [5, 5.41) is 405. The topological polar surface area (TPSA) is 1090 Å². The fourth-order valence-electron chi connectivity index (χ4n) is 17.9. The molecule has 0 aliphatic carbocycles. The third-order valence-corrected chi connectivity index (χ3v) is 28.2. The Balaban J connectivity index is 0.898. The van der Waals surface area contributed by atoms with Crippen LogP contribution in [0.15, 0.2) is 0 Å². The highest BCUT2D eigenvalue weighted by Crippen LogP contribution is 2.50. The van der Waals surface area contributed by atoms with E-state index in [9.17, 15) is 212 Å². The largest absolute Gasteiger partial charge is 0.474 e. The Bertz CT molecular complexity index is 4140. The van der Waals surface area contributed by atoms with E-state index >= 15 is 0 Å². The molecule has 856 valence electrons. The minimum atomic E-state index is -5.84. The van der Waals surface area contributed by atoms with Gasteiger partial charge in [0.05, 0.1) is 79.3 Å². The molecule has 12 fully saturated rings. The van der Waals surface area contributed by atoms with Crippen LogP contribution in [0.2, 0.25) is 0 Å². The molecule has 69 nitrogen and oxygen atoms in total. The van der Waals surface area contributed by atoms with Crippen molar-refractivity contribution in [3.05, 3.63) is 0 Å². The average molecular weight is 2210 g/mol. The van der Waals surface area contributed by atoms with Crippen molar-refractivity contribution in [2.24, 2.45) is 0 Å². The first-order valence-corrected chi connectivity index (χ1v) is 48.7. The van der Waals surface area contributed by atoms with Gasteiger partial charge in [0.25, 0.3) is 0 Å². The maximum atomic E-state index is 13.7. The van der Waals surface area contributed by atoms with Crippen LogP contribution in [0, 0.1) is 0 Å². The first-order chi connectivity index (χ1) is 69.2. The fraction of sp³-hybridized carbons (Fsp3) is 0.974. The Labute approximate surface area is 827 Å². The van der Waals surface area contributed by atoms with Crippen molar-refractivity contribution in [1.82, 2.24) is 10.6 Å². The zero-order chi connectivity index (χ0) is 108. The van der Waals surface area contributed by atoms with E-state index in [1.54, 1.807) is 0 Å². The van der Waals surface area contributed by atoms with Crippen LogP contribution in [0.4, 0.5) is 0 Å². The Morgan fingerprint density at radius 2 is 0.449 bits per heavy atom. The number of nitrogens with one attached hydrogen (secondary N) is 2. The van der Waals surface area contributed by atoms with Gasteiger partial charge < -0.3 is 304 Å². The molecule has 0 aromatic rings. The zero-order valence-corrected chi connectivity index (χ0v) is 78.6. The molecule has 2 amide bonds. The van der Waals surface area contributed by atoms with Gasteiger partial charge in [0.1, 0.15) is 293 Å². The van der Waals surface area contributed by atoms with E-state index in [1.807, 2.05) is 0 Å². The van der Waals surface area contributed by atoms with Gasteiger partial charge in [0, 0.05) is 13.8 Å². The number of carbonyl (C=O) groups is 2. The predicted octanol–water partition coefficient (Wildman–Crippen LogP) is -26.6. The second-order valence-corrected chi connectivity index (χ2v) is 39.1. The first-order valence-electron chi connectivity index (χ1n) is 45.7. The second-order valence-electron chi connectivity index (χ2n) is 36.3. The molecule has 12 heterocycles. The van der Waals surface area contributed by atoms with Crippen LogP contribution >= 0.6 is 15.6 Å². The maximum absolute atomic E-state index is 13.7. The molecule has 12 aliphatic heterocycles. The summed E-state index contributed by atoms with van der Waals surface area (Å²) in [7, 11) is -11.6. The highest BCUT2D eigenvalue weighted by molar-refractivity contribution is 7.47. The molecule has 0 aromatic heterocycles. The third-order valence-electron chi connectivity index (χ3n) is 26.3. The SMILES string of the molecule is CC(=O)N[C@H]1[C@H](O[C@H]2[C@H](O)[C@@H](NC(C)=O)C(O)O[C@@H]2CO)O[C@H](CO)[C@@H](O[C@@H]2O[C@H](CO[C@H]3O[C@H](CO[C@H]4O[C@H](COP(=O)(O)O[C@H]5O[C@H](CO)[C@@H](O)[C@H](O)[C@@H]5O)[C@@H](O)[C@H](O)[C@@H]4O[C@H]4O[C@H](CO)[C@@H](O)[C@H](O)[C@@H]4O)[C@@H](O)[C@H](O[C@H]4O[C@H](CO)[C@@H](O)[C@H](O)[C@@H]4O)[C@@H]3O)[C@@H](O)[C@H](O[C@H]3O[C@H](CO)[C@@H](O)[C@H](O)[C@@H]3O[C@H]3O[C@H](COP(=O)(O)O[C@H]4O[C@H](CO)[C@@H](O)[C@H](O)[C@@H]4O)[C@@H](O)[C@H](O)[C@@H]3O[C@H]3O[C@H](CO)[C@@H](O)[C@H](O)[C@@H]3O)[C@@H]2O)[C@@H]1O. The quantitative estimate of drug-likeness (QED) is 0.0253. The van der Waals surface area contributed by atoms with Gasteiger partial charge in [-0.1, -0.05) is 0 Å². The zero-order valence-electron chi connectivity index (χ0n) is 76.9. The van der Waals surface area contributed by atoms with Gasteiger partial charge in [-0.3, -0.25) is 27.7 Å². The summed E-state index contributed by atoms with van der Waals surface area (Å²) in [5.41, 5.74) is 0. The number of phosphoric ester groups is 2. The van der Waals surface area contributed by atoms with E-state index in [4.69, 9.17) is 118 Å². The highest BCUT2D eigenvalue weighted by Gasteiger charge is 2.63. The van der Waals surface area contributed by atoms with Gasteiger partial charge in [-0.25, -0.2) is 9.13 Å². The van der Waals surface area contributed by atoms with Crippen LogP contribution in [0.5, 0.6) is 0 Å². The number of aliphatic hydroxyl groups is 36. The fourth-order valence-corrected chi connectivity index (χ4v) is 19.6. The van der Waals surface area contributed by atoms with Crippen molar-refractivity contribution in [2.45, 2.75) is 382 Å². The van der Waals surface area contributed by atoms with Crippen LogP contribution in [-0.4, -0.2) is 653 Å². The van der Waals surface area contributed by atoms with Crippen molar-refractivity contribution in [3.8, 4) is 0 Å². The lowest BCUT2D eigenvalue weighted by Gasteiger charge is -2.51. The van der Waals surface area contributed by atoms with Crippen LogP contribution < -0.4 is 10.6 Å². The van der Waals surface area contributed by atoms with Crippen molar-refractivity contribution in [3.63, 3.8) is 0 Å². The van der Waals surface area contributed by atoms with E-state index in [0.717, 1.165) is 13.8 Å². The average Bonchev–Trinajstić information content (AvgIpc) is 0.765. The molecule has 0 aromatic carbocycles. The van der Waals surface area contributed by atoms with Crippen LogP contribution in [0.3, 0.4) is 0 Å². The van der Waals surface area contributed by atoms with Gasteiger partial charge in [0.15, 0.2) is 75.5 Å². The summed E-state index contributed by atoms with van der Waals surface area (Å²) in [5.74, 6) is -1.92. The second kappa shape index (κ2) is 52.6. The summed E-state index contributed by atoms with van der Waals surface area (Å²) in [4.78, 5) is 47.4. The number of ether oxygens (including phenoxy) is 21. The Morgan fingerprint density at radius 3 is 0.823 bits per heavy atom. The molecule has 3 unspecified atom stereocenters. The summed E-state index contributed by atoms with van der Waals surface area (Å²) in [6.45, 7) is -13.5. The van der Waals surface area contributed by atoms with Gasteiger partial charge in [-0.2, -0.15) is 0 Å². The standard InChI is InChI=1S/C76H130N2O67P2/c1-15(87)77-29-41(99)58(23(9-85)125-65(29)116)137-66-30(78-16(2)88)42(100)59(24(10-86)132-66)138-71-57(115)61(140-75-64(48(106)36(94)22(8-84)131-75)143-76-63(142-70-53(111)45(103)33(91)19(5-81)128-70)50(108)38(96)28(136-76)14-124-147(119,120)145-73-55(113)47(105)35(93)21(7-83)130-73)40(98)26(134-71)11-121-67-56(114)60(139-68-51(109)43(101)31(89)17(3-79)126-68)39(97)25(133-67)12-122-74-62(141-69-52(110)44(102)32(90)18(4-80)127-69)49(107)37(95)27(135-74)13-123-146(117,118)144-72-54(112)46(104)34(92)20(6-82)129-72/h17-76,79-86,89-116H,3-14H2,1-2H3,(H,77,87)(H,78,88)(H,117,118)(H,119,120)/t17-,18-,19-,20-,21-,22-,23-,24-,25-,26-,27-,28-,29-,30-,31-,32-,33-,34-,35-,36-,37-,38-,39-,40-,41-,42-,43+,44+,45+,46+,47+,48+,49+,50+,51+,52+,53+,54+,55+,56+,57+,58-,59-,60+,61+,62+,63+,64+,65?,66+,67+,68-,69-,70-,71+,72-,73-,74+,75-,76-/m1/s1. The molecule has 0 bridgehead atoms. The maximum Gasteiger partial charge on any atom is 0.474 e. The van der Waals surface area contributed by atoms with Crippen molar-refractivity contribution < 1.29 is 330 Å². The van der Waals surface area contributed by atoms with Gasteiger partial charge in [0.2, 0.25) is 11.8 Å². The first kappa shape index (κ1) is 122. The van der Waals surface area contributed by atoms with Crippen molar-refractivity contribution in [1.29, 1.82) is 0 Å². The molecule has 0 spiro atoms. The highest BCUT2D eigenvalue weighted by atomic mass is 31.2. The summed E-state index contributed by atoms with van der Waals surface area (Å²) in [6.07, 6.45) is -136. The molecule has 62 atom stereocenters. The van der Waals surface area contributed by atoms with Crippen LogP contribution in [-0.2, 0) is 136 Å². The van der Waals surface area contributed by atoms with Gasteiger partial charge in [-0.05, 0) is 0 Å². The van der Waals surface area contributed by atoms with Crippen LogP contribution in [0.25, 0.3) is 0 Å². The third kappa shape index (κ3) is 27.5. The lowest BCUT2D eigenvalue weighted by atomic mass is 9.94. The van der Waals surface area contributed by atoms with E-state index in [2.05, 4.69) is 10.6 Å². The van der Waals surface area contributed by atoms with Gasteiger partial charge in [-0.15, -0.1) is 0 Å². The van der Waals surface area contributed by atoms with E-state index in [0.29, 0.717) is 0 Å². The number of hydrogen-bond acceptors (Lipinski definition) is 65. The smallest absolute Gasteiger partial charge is 0.394 e. The number of phosphoric acid groups is 2. The van der Waals surface area contributed by atoms with Gasteiger partial charge >= 0.3 is 15.6 Å². The number of hydrogen-bond donors (Lipinski definition) is 40. The summed E-state index contributed by atoms with van der Waals surface area (Å²) >= 11 is 0. The minimum absolute atomic E-state index is 0.861. The number of rotatable bonds is 40. The number of aliphatic hydroxyl groups excluding tert-OH is 36. The van der Waals surface area contributed by atoms with Crippen LogP contribution in [0.1, 0.15) is 13.8 Å². The molecule has 12 aliphatic rings. The molecule has 12 rings (SSSR count). The molecule has 71 heteroatoms. The predicted molar refractivity (Wildman–Crippen MR) is 440 cm³/mol.